The van der Waals surface area contributed by atoms with Crippen LogP contribution in [0.3, 0.4) is 0 Å². The standard InChI is InChI=1S/C19H15F4NO5/c1-27-16-8-11(2-6-15(16)29-19(22)23)3-7-18(26)28-10-17(25)24-12-4-5-13(20)14(21)9-12/h2-9,19H,10H2,1H3,(H,24,25). The molecule has 2 rings (SSSR count). The molecule has 0 saturated carbocycles. The number of methoxy groups -OCH3 is 1. The van der Waals surface area contributed by atoms with Crippen LogP contribution in [0, 0.1) is 11.6 Å². The highest BCUT2D eigenvalue weighted by molar-refractivity contribution is 5.94. The predicted octanol–water partition coefficient (Wildman–Crippen LogP) is 3.77. The Bertz CT molecular complexity index is 917. The second kappa shape index (κ2) is 10.1. The number of amides is 1. The number of benzene rings is 2. The first-order chi connectivity index (χ1) is 13.8. The molecule has 0 aliphatic rings. The number of anilines is 1. The quantitative estimate of drug-likeness (QED) is 0.405. The van der Waals surface area contributed by atoms with Crippen molar-refractivity contribution in [1.29, 1.82) is 0 Å². The Balaban J connectivity index is 1.88. The van der Waals surface area contributed by atoms with Gasteiger partial charge in [-0.3, -0.25) is 4.79 Å². The van der Waals surface area contributed by atoms with Gasteiger partial charge in [0.05, 0.1) is 7.11 Å². The van der Waals surface area contributed by atoms with Crippen molar-refractivity contribution in [2.24, 2.45) is 0 Å². The van der Waals surface area contributed by atoms with Gasteiger partial charge in [-0.1, -0.05) is 6.07 Å². The van der Waals surface area contributed by atoms with Crippen LogP contribution in [0.4, 0.5) is 23.2 Å². The van der Waals surface area contributed by atoms with Gasteiger partial charge in [-0.2, -0.15) is 8.78 Å². The topological polar surface area (TPSA) is 73.9 Å². The van der Waals surface area contributed by atoms with Gasteiger partial charge in [-0.15, -0.1) is 0 Å². The molecule has 0 bridgehead atoms. The summed E-state index contributed by atoms with van der Waals surface area (Å²) in [5.74, 6) is -3.96. The van der Waals surface area contributed by atoms with E-state index in [0.717, 1.165) is 24.3 Å². The molecule has 1 amide bonds. The molecule has 0 saturated heterocycles. The smallest absolute Gasteiger partial charge is 0.387 e. The third-order valence-electron chi connectivity index (χ3n) is 3.36. The molecule has 6 nitrogen and oxygen atoms in total. The van der Waals surface area contributed by atoms with Gasteiger partial charge in [0.15, 0.2) is 29.7 Å². The van der Waals surface area contributed by atoms with Gasteiger partial charge in [0, 0.05) is 17.8 Å². The van der Waals surface area contributed by atoms with Crippen molar-refractivity contribution in [3.05, 3.63) is 59.7 Å². The lowest BCUT2D eigenvalue weighted by Crippen LogP contribution is -2.20. The maximum atomic E-state index is 13.1. The lowest BCUT2D eigenvalue weighted by molar-refractivity contribution is -0.142. The Morgan fingerprint density at radius 2 is 1.83 bits per heavy atom. The van der Waals surface area contributed by atoms with E-state index in [2.05, 4.69) is 10.1 Å². The van der Waals surface area contributed by atoms with E-state index in [1.54, 1.807) is 0 Å². The average Bonchev–Trinajstić information content (AvgIpc) is 2.68. The van der Waals surface area contributed by atoms with Crippen LogP contribution in [0.2, 0.25) is 0 Å². The Hall–Kier alpha value is -3.56. The Kier molecular flexibility index (Phi) is 7.58. The van der Waals surface area contributed by atoms with Gasteiger partial charge in [0.25, 0.3) is 5.91 Å². The monoisotopic (exact) mass is 413 g/mol. The van der Waals surface area contributed by atoms with Crippen LogP contribution >= 0.6 is 0 Å². The fourth-order valence-electron chi connectivity index (χ4n) is 2.10. The van der Waals surface area contributed by atoms with Crippen molar-refractivity contribution in [3.8, 4) is 11.5 Å². The summed E-state index contributed by atoms with van der Waals surface area (Å²) in [6, 6.07) is 6.77. The van der Waals surface area contributed by atoms with E-state index in [9.17, 15) is 27.2 Å². The first kappa shape index (κ1) is 21.7. The number of hydrogen-bond acceptors (Lipinski definition) is 5. The van der Waals surface area contributed by atoms with Crippen LogP contribution in [0.25, 0.3) is 6.08 Å². The number of nitrogens with one attached hydrogen (secondary N) is 1. The third kappa shape index (κ3) is 6.83. The molecule has 0 aromatic heterocycles. The molecule has 0 fully saturated rings. The third-order valence-corrected chi connectivity index (χ3v) is 3.36. The molecule has 0 spiro atoms. The summed E-state index contributed by atoms with van der Waals surface area (Å²) in [6.45, 7) is -3.68. The summed E-state index contributed by atoms with van der Waals surface area (Å²) in [5, 5.41) is 2.24. The van der Waals surface area contributed by atoms with Crippen LogP contribution in [-0.4, -0.2) is 32.2 Å². The van der Waals surface area contributed by atoms with Crippen LogP contribution < -0.4 is 14.8 Å². The summed E-state index contributed by atoms with van der Waals surface area (Å²) in [7, 11) is 1.26. The normalized spacial score (nSPS) is 10.8. The van der Waals surface area contributed by atoms with Crippen molar-refractivity contribution in [2.45, 2.75) is 6.61 Å². The Morgan fingerprint density at radius 1 is 1.07 bits per heavy atom. The first-order valence-corrected chi connectivity index (χ1v) is 8.01. The molecular weight excluding hydrogens is 398 g/mol. The summed E-state index contributed by atoms with van der Waals surface area (Å²) >= 11 is 0. The maximum Gasteiger partial charge on any atom is 0.387 e. The van der Waals surface area contributed by atoms with Gasteiger partial charge >= 0.3 is 12.6 Å². The summed E-state index contributed by atoms with van der Waals surface area (Å²) in [6.07, 6.45) is 2.32. The molecule has 0 radical (unpaired) electrons. The molecule has 2 aromatic rings. The largest absolute Gasteiger partial charge is 0.493 e. The molecule has 0 heterocycles. The van der Waals surface area contributed by atoms with Crippen LogP contribution in [-0.2, 0) is 14.3 Å². The zero-order valence-corrected chi connectivity index (χ0v) is 15.0. The van der Waals surface area contributed by atoms with Gasteiger partial charge < -0.3 is 19.5 Å². The second-order valence-electron chi connectivity index (χ2n) is 5.41. The number of ether oxygens (including phenoxy) is 3. The van der Waals surface area contributed by atoms with Crippen LogP contribution in [0.5, 0.6) is 11.5 Å². The second-order valence-corrected chi connectivity index (χ2v) is 5.41. The fraction of sp³-hybridized carbons (Fsp3) is 0.158. The van der Waals surface area contributed by atoms with Crippen LogP contribution in [0.1, 0.15) is 5.56 Å². The highest BCUT2D eigenvalue weighted by Gasteiger charge is 2.11. The summed E-state index contributed by atoms with van der Waals surface area (Å²) in [5.41, 5.74) is 0.422. The van der Waals surface area contributed by atoms with Gasteiger partial charge in [-0.25, -0.2) is 13.6 Å². The minimum atomic E-state index is -3.02. The van der Waals surface area contributed by atoms with Crippen molar-refractivity contribution in [3.63, 3.8) is 0 Å². The number of alkyl halides is 2. The number of carbonyl (C=O) groups is 2. The van der Waals surface area contributed by atoms with E-state index < -0.39 is 36.7 Å². The summed E-state index contributed by atoms with van der Waals surface area (Å²) in [4.78, 5) is 23.4. The number of carbonyl (C=O) groups excluding carboxylic acids is 2. The minimum absolute atomic E-state index is 0.00121. The first-order valence-electron chi connectivity index (χ1n) is 8.01. The van der Waals surface area contributed by atoms with Gasteiger partial charge in [0.1, 0.15) is 0 Å². The lowest BCUT2D eigenvalue weighted by Gasteiger charge is -2.10. The molecule has 0 unspecified atom stereocenters. The Morgan fingerprint density at radius 3 is 2.48 bits per heavy atom. The van der Waals surface area contributed by atoms with Crippen molar-refractivity contribution in [2.75, 3.05) is 19.0 Å². The number of halogens is 4. The average molecular weight is 413 g/mol. The highest BCUT2D eigenvalue weighted by Crippen LogP contribution is 2.29. The molecule has 154 valence electrons. The molecule has 0 aliphatic heterocycles. The van der Waals surface area contributed by atoms with E-state index >= 15 is 0 Å². The molecule has 29 heavy (non-hydrogen) atoms. The number of esters is 1. The minimum Gasteiger partial charge on any atom is -0.493 e. The fourth-order valence-corrected chi connectivity index (χ4v) is 2.10. The molecule has 1 N–H and O–H groups in total. The van der Waals surface area contributed by atoms with E-state index in [1.807, 2.05) is 0 Å². The summed E-state index contributed by atoms with van der Waals surface area (Å²) < 4.78 is 64.4. The SMILES string of the molecule is COc1cc(C=CC(=O)OCC(=O)Nc2ccc(F)c(F)c2)ccc1OC(F)F. The van der Waals surface area contributed by atoms with E-state index in [-0.39, 0.29) is 17.2 Å². The predicted molar refractivity (Wildman–Crippen MR) is 94.6 cm³/mol. The molecule has 0 aliphatic carbocycles. The molecule has 2 aromatic carbocycles. The highest BCUT2D eigenvalue weighted by atomic mass is 19.3. The van der Waals surface area contributed by atoms with E-state index in [4.69, 9.17) is 9.47 Å². The van der Waals surface area contributed by atoms with E-state index in [1.165, 1.54) is 31.4 Å². The van der Waals surface area contributed by atoms with Gasteiger partial charge in [-0.05, 0) is 35.9 Å². The zero-order chi connectivity index (χ0) is 21.4. The van der Waals surface area contributed by atoms with Crippen molar-refractivity contribution < 1.29 is 41.4 Å². The number of rotatable bonds is 8. The maximum absolute atomic E-state index is 13.1. The molecule has 0 atom stereocenters. The molecule has 10 heteroatoms. The Labute approximate surface area is 162 Å². The van der Waals surface area contributed by atoms with E-state index in [0.29, 0.717) is 5.56 Å². The van der Waals surface area contributed by atoms with Gasteiger partial charge in [0.2, 0.25) is 0 Å². The molecular formula is C19H15F4NO5. The lowest BCUT2D eigenvalue weighted by atomic mass is 10.2. The number of hydrogen-bond donors (Lipinski definition) is 1. The van der Waals surface area contributed by atoms with Crippen molar-refractivity contribution in [1.82, 2.24) is 0 Å². The zero-order valence-electron chi connectivity index (χ0n) is 15.0. The van der Waals surface area contributed by atoms with Crippen LogP contribution in [0.15, 0.2) is 42.5 Å². The van der Waals surface area contributed by atoms with Crippen molar-refractivity contribution >= 4 is 23.6 Å².